The van der Waals surface area contributed by atoms with E-state index in [2.05, 4.69) is 20.3 Å². The van der Waals surface area contributed by atoms with Gasteiger partial charge in [-0.3, -0.25) is 4.79 Å². The molecule has 0 aromatic carbocycles. The predicted octanol–water partition coefficient (Wildman–Crippen LogP) is 4.51. The summed E-state index contributed by atoms with van der Waals surface area (Å²) in [4.78, 5) is 23.5. The van der Waals surface area contributed by atoms with Crippen LogP contribution in [0, 0.1) is 36.3 Å². The second kappa shape index (κ2) is 7.04. The summed E-state index contributed by atoms with van der Waals surface area (Å²) in [5, 5.41) is 13.5. The van der Waals surface area contributed by atoms with Crippen LogP contribution in [-0.4, -0.2) is 32.1 Å². The van der Waals surface area contributed by atoms with E-state index in [0.717, 1.165) is 31.9 Å². The Morgan fingerprint density at radius 3 is 2.67 bits per heavy atom. The van der Waals surface area contributed by atoms with Crippen molar-refractivity contribution in [2.75, 3.05) is 5.32 Å². The molecule has 6 nitrogen and oxygen atoms in total. The lowest BCUT2D eigenvalue weighted by Crippen LogP contribution is -2.51. The Morgan fingerprint density at radius 1 is 1.20 bits per heavy atom. The van der Waals surface area contributed by atoms with Crippen molar-refractivity contribution >= 4 is 22.8 Å². The zero-order valence-corrected chi connectivity index (χ0v) is 16.5. The SMILES string of the molecule is Cc1cc(F)c(N[C@@H]2C3CCC(CC3)[C@H]2C(=O)O)nc1-c1c[nH]c2ncc(F)cc12. The highest BCUT2D eigenvalue weighted by Gasteiger charge is 2.47. The Balaban J connectivity index is 1.55. The molecule has 3 aromatic rings. The number of halogens is 2. The molecular formula is C22H22F2N4O2. The van der Waals surface area contributed by atoms with Crippen LogP contribution < -0.4 is 5.32 Å². The van der Waals surface area contributed by atoms with Gasteiger partial charge in [0.1, 0.15) is 11.5 Å². The number of aryl methyl sites for hydroxylation is 1. The van der Waals surface area contributed by atoms with Crippen molar-refractivity contribution in [3.05, 3.63) is 41.7 Å². The molecule has 3 aromatic heterocycles. The molecule has 3 N–H and O–H groups in total. The molecule has 0 spiro atoms. The van der Waals surface area contributed by atoms with E-state index < -0.39 is 23.5 Å². The van der Waals surface area contributed by atoms with Gasteiger partial charge in [-0.2, -0.15) is 0 Å². The van der Waals surface area contributed by atoms with E-state index in [1.165, 1.54) is 12.1 Å². The molecule has 3 heterocycles. The number of rotatable bonds is 4. The summed E-state index contributed by atoms with van der Waals surface area (Å²) in [7, 11) is 0. The van der Waals surface area contributed by atoms with Crippen LogP contribution in [-0.2, 0) is 4.79 Å². The van der Waals surface area contributed by atoms with Crippen LogP contribution in [0.15, 0.2) is 24.5 Å². The number of hydrogen-bond donors (Lipinski definition) is 3. The van der Waals surface area contributed by atoms with E-state index in [9.17, 15) is 18.7 Å². The van der Waals surface area contributed by atoms with Crippen LogP contribution in [0.2, 0.25) is 0 Å². The van der Waals surface area contributed by atoms with Gasteiger partial charge >= 0.3 is 5.97 Å². The first-order valence-electron chi connectivity index (χ1n) is 10.2. The molecule has 2 bridgehead atoms. The smallest absolute Gasteiger partial charge is 0.308 e. The Labute approximate surface area is 171 Å². The Bertz CT molecular complexity index is 1140. The van der Waals surface area contributed by atoms with Gasteiger partial charge in [-0.05, 0) is 62.1 Å². The molecule has 2 atom stereocenters. The molecule has 0 amide bonds. The molecule has 8 heteroatoms. The molecular weight excluding hydrogens is 390 g/mol. The number of nitrogens with zero attached hydrogens (tertiary/aromatic N) is 2. The van der Waals surface area contributed by atoms with Gasteiger partial charge in [0.2, 0.25) is 0 Å². The maximum atomic E-state index is 14.8. The van der Waals surface area contributed by atoms with Gasteiger partial charge in [-0.15, -0.1) is 0 Å². The van der Waals surface area contributed by atoms with Crippen molar-refractivity contribution < 1.29 is 18.7 Å². The summed E-state index contributed by atoms with van der Waals surface area (Å²) >= 11 is 0. The third kappa shape index (κ3) is 3.02. The molecule has 30 heavy (non-hydrogen) atoms. The Hall–Kier alpha value is -3.03. The standard InChI is InChI=1S/C22H22F2N4O2/c1-10-6-16(24)21(28-19-12-4-2-11(3-5-12)17(19)22(29)30)27-18(10)15-9-26-20-14(15)7-13(23)8-25-20/h6-9,11-12,17,19H,2-5H2,1H3,(H,25,26)(H,27,28)(H,29,30)/t11?,12?,17-,19-/m1/s1. The highest BCUT2D eigenvalue weighted by molar-refractivity contribution is 5.93. The molecule has 0 radical (unpaired) electrons. The number of aromatic amines is 1. The second-order valence-electron chi connectivity index (χ2n) is 8.45. The fourth-order valence-electron chi connectivity index (χ4n) is 5.30. The fourth-order valence-corrected chi connectivity index (χ4v) is 5.30. The minimum atomic E-state index is -0.840. The number of aromatic nitrogens is 3. The summed E-state index contributed by atoms with van der Waals surface area (Å²) in [6.45, 7) is 1.74. The molecule has 156 valence electrons. The van der Waals surface area contributed by atoms with Crippen LogP contribution in [0.25, 0.3) is 22.3 Å². The van der Waals surface area contributed by atoms with Gasteiger partial charge in [0.25, 0.3) is 0 Å². The highest BCUT2D eigenvalue weighted by atomic mass is 19.1. The lowest BCUT2D eigenvalue weighted by molar-refractivity contribution is -0.148. The van der Waals surface area contributed by atoms with Crippen LogP contribution in [0.5, 0.6) is 0 Å². The lowest BCUT2D eigenvalue weighted by atomic mass is 9.61. The van der Waals surface area contributed by atoms with Crippen molar-refractivity contribution in [2.45, 2.75) is 38.6 Å². The maximum absolute atomic E-state index is 14.8. The van der Waals surface area contributed by atoms with Crippen LogP contribution in [0.4, 0.5) is 14.6 Å². The first-order chi connectivity index (χ1) is 14.4. The van der Waals surface area contributed by atoms with E-state index >= 15 is 0 Å². The molecule has 6 rings (SSSR count). The van der Waals surface area contributed by atoms with Crippen molar-refractivity contribution in [1.82, 2.24) is 15.0 Å². The largest absolute Gasteiger partial charge is 0.481 e. The quantitative estimate of drug-likeness (QED) is 0.586. The number of carboxylic acid groups (broad SMARTS) is 1. The van der Waals surface area contributed by atoms with Crippen molar-refractivity contribution in [1.29, 1.82) is 0 Å². The van der Waals surface area contributed by atoms with Crippen molar-refractivity contribution in [3.63, 3.8) is 0 Å². The van der Waals surface area contributed by atoms with Gasteiger partial charge in [-0.1, -0.05) is 0 Å². The van der Waals surface area contributed by atoms with E-state index in [-0.39, 0.29) is 23.7 Å². The number of fused-ring (bicyclic) bond motifs is 4. The third-order valence-corrected chi connectivity index (χ3v) is 6.73. The molecule has 3 saturated carbocycles. The van der Waals surface area contributed by atoms with Crippen molar-refractivity contribution in [2.24, 2.45) is 17.8 Å². The van der Waals surface area contributed by atoms with E-state index in [0.29, 0.717) is 27.9 Å². The number of hydrogen-bond acceptors (Lipinski definition) is 4. The van der Waals surface area contributed by atoms with Gasteiger partial charge in [0, 0.05) is 23.2 Å². The summed E-state index contributed by atoms with van der Waals surface area (Å²) in [6.07, 6.45) is 6.51. The number of carbonyl (C=O) groups is 1. The number of anilines is 1. The average molecular weight is 412 g/mol. The zero-order chi connectivity index (χ0) is 21.0. The first kappa shape index (κ1) is 19.0. The monoisotopic (exact) mass is 412 g/mol. The molecule has 3 aliphatic carbocycles. The number of aliphatic carboxylic acids is 1. The van der Waals surface area contributed by atoms with Gasteiger partial charge in [0.15, 0.2) is 11.6 Å². The lowest BCUT2D eigenvalue weighted by Gasteiger charge is -2.47. The Morgan fingerprint density at radius 2 is 1.93 bits per heavy atom. The van der Waals surface area contributed by atoms with E-state index in [4.69, 9.17) is 0 Å². The first-order valence-corrected chi connectivity index (χ1v) is 10.2. The van der Waals surface area contributed by atoms with Gasteiger partial charge in [0.05, 0.1) is 17.8 Å². The van der Waals surface area contributed by atoms with Crippen LogP contribution >= 0.6 is 0 Å². The summed E-state index contributed by atoms with van der Waals surface area (Å²) in [5.74, 6) is -2.04. The summed E-state index contributed by atoms with van der Waals surface area (Å²) in [6, 6.07) is 2.40. The second-order valence-corrected chi connectivity index (χ2v) is 8.45. The van der Waals surface area contributed by atoms with Gasteiger partial charge in [-0.25, -0.2) is 18.7 Å². The number of carboxylic acids is 1. The number of H-pyrrole nitrogens is 1. The zero-order valence-electron chi connectivity index (χ0n) is 16.5. The minimum absolute atomic E-state index is 0.0399. The maximum Gasteiger partial charge on any atom is 0.308 e. The highest BCUT2D eigenvalue weighted by Crippen LogP contribution is 2.46. The molecule has 3 aliphatic rings. The Kier molecular flexibility index (Phi) is 4.45. The minimum Gasteiger partial charge on any atom is -0.481 e. The number of nitrogens with one attached hydrogen (secondary N) is 2. The third-order valence-electron chi connectivity index (χ3n) is 6.73. The van der Waals surface area contributed by atoms with Crippen molar-refractivity contribution in [3.8, 4) is 11.3 Å². The van der Waals surface area contributed by atoms with Crippen LogP contribution in [0.1, 0.15) is 31.2 Å². The molecule has 0 unspecified atom stereocenters. The fraction of sp³-hybridized carbons (Fsp3) is 0.409. The van der Waals surface area contributed by atoms with E-state index in [1.54, 1.807) is 13.1 Å². The summed E-state index contributed by atoms with van der Waals surface area (Å²) < 4.78 is 28.6. The topological polar surface area (TPSA) is 90.9 Å². The molecule has 0 aliphatic heterocycles. The molecule has 3 fully saturated rings. The number of pyridine rings is 2. The molecule has 0 saturated heterocycles. The van der Waals surface area contributed by atoms with Gasteiger partial charge < -0.3 is 15.4 Å². The summed E-state index contributed by atoms with van der Waals surface area (Å²) in [5.41, 5.74) is 2.24. The predicted molar refractivity (Wildman–Crippen MR) is 108 cm³/mol. The normalized spacial score (nSPS) is 25.6. The van der Waals surface area contributed by atoms with E-state index in [1.807, 2.05) is 0 Å². The van der Waals surface area contributed by atoms with Crippen LogP contribution in [0.3, 0.4) is 0 Å². The average Bonchev–Trinajstić information content (AvgIpc) is 3.13.